The van der Waals surface area contributed by atoms with Gasteiger partial charge in [-0.2, -0.15) is 18.3 Å². The van der Waals surface area contributed by atoms with E-state index in [1.54, 1.807) is 7.05 Å². The third kappa shape index (κ3) is 1.73. The highest BCUT2D eigenvalue weighted by atomic mass is 79.9. The van der Waals surface area contributed by atoms with Crippen LogP contribution in [0.4, 0.5) is 13.2 Å². The molecule has 0 spiro atoms. The number of aryl methyl sites for hydroxylation is 1. The molecule has 0 saturated heterocycles. The van der Waals surface area contributed by atoms with Gasteiger partial charge >= 0.3 is 6.18 Å². The van der Waals surface area contributed by atoms with Gasteiger partial charge in [0.25, 0.3) is 0 Å². The lowest BCUT2D eigenvalue weighted by Gasteiger charge is -2.06. The lowest BCUT2D eigenvalue weighted by Crippen LogP contribution is -2.04. The molecule has 1 heterocycles. The molecule has 2 aromatic rings. The summed E-state index contributed by atoms with van der Waals surface area (Å²) in [6.07, 6.45) is -4.31. The Balaban J connectivity index is 2.71. The second kappa shape index (κ2) is 3.23. The Kier molecular flexibility index (Phi) is 2.26. The van der Waals surface area contributed by atoms with Crippen LogP contribution in [0.3, 0.4) is 0 Å². The maximum atomic E-state index is 12.4. The van der Waals surface area contributed by atoms with Crippen LogP contribution in [0.15, 0.2) is 22.8 Å². The topological polar surface area (TPSA) is 17.8 Å². The quantitative estimate of drug-likeness (QED) is 0.723. The van der Waals surface area contributed by atoms with Crippen LogP contribution in [0.2, 0.25) is 0 Å². The van der Waals surface area contributed by atoms with Crippen LogP contribution in [0.25, 0.3) is 10.9 Å². The molecule has 80 valence electrons. The molecule has 1 aromatic heterocycles. The monoisotopic (exact) mass is 278 g/mol. The molecule has 2 nitrogen and oxygen atoms in total. The summed E-state index contributed by atoms with van der Waals surface area (Å²) in [4.78, 5) is 0. The predicted molar refractivity (Wildman–Crippen MR) is 53.4 cm³/mol. The van der Waals surface area contributed by atoms with Crippen molar-refractivity contribution in [2.24, 2.45) is 7.05 Å². The summed E-state index contributed by atoms with van der Waals surface area (Å²) in [5.74, 6) is 0. The number of benzene rings is 1. The average Bonchev–Trinajstić information content (AvgIpc) is 2.41. The molecule has 2 rings (SSSR count). The molecule has 0 aliphatic heterocycles. The maximum Gasteiger partial charge on any atom is 0.416 e. The van der Waals surface area contributed by atoms with Gasteiger partial charge in [-0.3, -0.25) is 4.68 Å². The Bertz CT molecular complexity index is 516. The van der Waals surface area contributed by atoms with Crippen LogP contribution in [0.5, 0.6) is 0 Å². The summed E-state index contributed by atoms with van der Waals surface area (Å²) in [6.45, 7) is 0. The van der Waals surface area contributed by atoms with Gasteiger partial charge in [-0.15, -0.1) is 0 Å². The van der Waals surface area contributed by atoms with E-state index in [9.17, 15) is 13.2 Å². The van der Waals surface area contributed by atoms with E-state index in [2.05, 4.69) is 21.0 Å². The first-order valence-corrected chi connectivity index (χ1v) is 4.88. The first-order valence-electron chi connectivity index (χ1n) is 4.09. The second-order valence-electron chi connectivity index (χ2n) is 3.14. The van der Waals surface area contributed by atoms with Crippen molar-refractivity contribution in [2.75, 3.05) is 0 Å². The van der Waals surface area contributed by atoms with Crippen LogP contribution in [-0.4, -0.2) is 9.78 Å². The molecule has 15 heavy (non-hydrogen) atoms. The zero-order valence-electron chi connectivity index (χ0n) is 7.64. The van der Waals surface area contributed by atoms with E-state index < -0.39 is 11.7 Å². The van der Waals surface area contributed by atoms with Crippen LogP contribution >= 0.6 is 15.9 Å². The number of rotatable bonds is 0. The average molecular weight is 279 g/mol. The number of aromatic nitrogens is 2. The fourth-order valence-electron chi connectivity index (χ4n) is 1.39. The number of alkyl halides is 3. The van der Waals surface area contributed by atoms with Gasteiger partial charge in [0.15, 0.2) is 0 Å². The number of hydrogen-bond donors (Lipinski definition) is 0. The van der Waals surface area contributed by atoms with Crippen molar-refractivity contribution in [3.63, 3.8) is 0 Å². The summed E-state index contributed by atoms with van der Waals surface area (Å²) in [5.41, 5.74) is -0.206. The fraction of sp³-hybridized carbons (Fsp3) is 0.222. The highest BCUT2D eigenvalue weighted by Crippen LogP contribution is 2.32. The largest absolute Gasteiger partial charge is 0.416 e. The molecule has 0 fully saturated rings. The van der Waals surface area contributed by atoms with Gasteiger partial charge in [0, 0.05) is 12.4 Å². The lowest BCUT2D eigenvalue weighted by atomic mass is 10.1. The fourth-order valence-corrected chi connectivity index (χ4v) is 1.96. The molecular weight excluding hydrogens is 273 g/mol. The molecule has 0 amide bonds. The normalized spacial score (nSPS) is 12.3. The van der Waals surface area contributed by atoms with E-state index in [1.807, 2.05) is 0 Å². The molecule has 0 radical (unpaired) electrons. The molecule has 0 aliphatic carbocycles. The van der Waals surface area contributed by atoms with Crippen molar-refractivity contribution >= 4 is 26.8 Å². The Morgan fingerprint density at radius 1 is 1.33 bits per heavy atom. The Labute approximate surface area is 91.8 Å². The SMILES string of the molecule is Cn1nc(Br)c2ccc(C(F)(F)F)cc21. The minimum atomic E-state index is -4.31. The van der Waals surface area contributed by atoms with Crippen LogP contribution in [-0.2, 0) is 13.2 Å². The van der Waals surface area contributed by atoms with E-state index in [4.69, 9.17) is 0 Å². The molecule has 1 aromatic carbocycles. The molecule has 0 unspecified atom stereocenters. The number of fused-ring (bicyclic) bond motifs is 1. The summed E-state index contributed by atoms with van der Waals surface area (Å²) in [6, 6.07) is 3.55. The van der Waals surface area contributed by atoms with Crippen molar-refractivity contribution in [1.29, 1.82) is 0 Å². The van der Waals surface area contributed by atoms with E-state index in [-0.39, 0.29) is 0 Å². The van der Waals surface area contributed by atoms with E-state index in [0.717, 1.165) is 12.1 Å². The highest BCUT2D eigenvalue weighted by molar-refractivity contribution is 9.10. The molecule has 0 saturated carbocycles. The molecule has 0 aliphatic rings. The van der Waals surface area contributed by atoms with Gasteiger partial charge in [-0.05, 0) is 34.1 Å². The van der Waals surface area contributed by atoms with Crippen molar-refractivity contribution in [2.45, 2.75) is 6.18 Å². The second-order valence-corrected chi connectivity index (χ2v) is 3.90. The van der Waals surface area contributed by atoms with Crippen molar-refractivity contribution in [3.05, 3.63) is 28.4 Å². The number of halogens is 4. The van der Waals surface area contributed by atoms with Crippen LogP contribution in [0.1, 0.15) is 5.56 Å². The number of hydrogen-bond acceptors (Lipinski definition) is 1. The third-order valence-electron chi connectivity index (χ3n) is 2.13. The first-order chi connectivity index (χ1) is 6.89. The van der Waals surface area contributed by atoms with E-state index >= 15 is 0 Å². The number of nitrogens with zero attached hydrogens (tertiary/aromatic N) is 2. The van der Waals surface area contributed by atoms with Gasteiger partial charge in [0.05, 0.1) is 11.1 Å². The Morgan fingerprint density at radius 3 is 2.60 bits per heavy atom. The van der Waals surface area contributed by atoms with Crippen molar-refractivity contribution in [3.8, 4) is 0 Å². The summed E-state index contributed by atoms with van der Waals surface area (Å²) < 4.78 is 39.2. The smallest absolute Gasteiger partial charge is 0.267 e. The van der Waals surface area contributed by atoms with Crippen molar-refractivity contribution in [1.82, 2.24) is 9.78 Å². The Morgan fingerprint density at radius 2 is 2.00 bits per heavy atom. The van der Waals surface area contributed by atoms with Gasteiger partial charge in [0.1, 0.15) is 4.60 Å². The van der Waals surface area contributed by atoms with E-state index in [0.29, 0.717) is 15.5 Å². The third-order valence-corrected chi connectivity index (χ3v) is 2.72. The van der Waals surface area contributed by atoms with Gasteiger partial charge in [0.2, 0.25) is 0 Å². The maximum absolute atomic E-state index is 12.4. The first kappa shape index (κ1) is 10.5. The zero-order chi connectivity index (χ0) is 11.2. The van der Waals surface area contributed by atoms with Gasteiger partial charge in [-0.25, -0.2) is 0 Å². The minimum Gasteiger partial charge on any atom is -0.267 e. The molecule has 0 N–H and O–H groups in total. The minimum absolute atomic E-state index is 0.455. The summed E-state index contributed by atoms with van der Waals surface area (Å²) in [5, 5.41) is 4.65. The molecule has 0 bridgehead atoms. The van der Waals surface area contributed by atoms with Gasteiger partial charge in [-0.1, -0.05) is 0 Å². The summed E-state index contributed by atoms with van der Waals surface area (Å²) in [7, 11) is 1.60. The van der Waals surface area contributed by atoms with E-state index in [1.165, 1.54) is 10.7 Å². The van der Waals surface area contributed by atoms with Crippen LogP contribution in [0, 0.1) is 0 Å². The van der Waals surface area contributed by atoms with Gasteiger partial charge < -0.3 is 0 Å². The predicted octanol–water partition coefficient (Wildman–Crippen LogP) is 3.35. The standard InChI is InChI=1S/C9H6BrF3N2/c1-15-7-4-5(9(11,12)13)2-3-6(7)8(10)14-15/h2-4H,1H3. The molecule has 0 atom stereocenters. The lowest BCUT2D eigenvalue weighted by molar-refractivity contribution is -0.137. The highest BCUT2D eigenvalue weighted by Gasteiger charge is 2.30. The molecular formula is C9H6BrF3N2. The molecule has 6 heteroatoms. The van der Waals surface area contributed by atoms with Crippen LogP contribution < -0.4 is 0 Å². The van der Waals surface area contributed by atoms with Crippen molar-refractivity contribution < 1.29 is 13.2 Å². The summed E-state index contributed by atoms with van der Waals surface area (Å²) >= 11 is 3.18. The Hall–Kier alpha value is -1.04. The zero-order valence-corrected chi connectivity index (χ0v) is 9.22.